The fourth-order valence-electron chi connectivity index (χ4n) is 3.28. The normalized spacial score (nSPS) is 14.8. The number of nitrogens with one attached hydrogen (secondary N) is 1. The van der Waals surface area contributed by atoms with Crippen LogP contribution in [0.15, 0.2) is 48.5 Å². The molecule has 0 atom stereocenters. The molecule has 1 heterocycles. The summed E-state index contributed by atoms with van der Waals surface area (Å²) in [5.74, 6) is 0.781. The van der Waals surface area contributed by atoms with Gasteiger partial charge in [-0.3, -0.25) is 9.69 Å². The van der Waals surface area contributed by atoms with Gasteiger partial charge in [0.15, 0.2) is 0 Å². The summed E-state index contributed by atoms with van der Waals surface area (Å²) in [6, 6.07) is 15.9. The molecular weight excluding hydrogens is 324 g/mol. The van der Waals surface area contributed by atoms with Gasteiger partial charge in [-0.2, -0.15) is 0 Å². The lowest BCUT2D eigenvalue weighted by molar-refractivity contribution is 0.0947. The molecule has 1 aliphatic heterocycles. The van der Waals surface area contributed by atoms with Gasteiger partial charge in [0, 0.05) is 12.1 Å². The number of nitrogens with zero attached hydrogens (tertiary/aromatic N) is 1. The van der Waals surface area contributed by atoms with Crippen LogP contribution >= 0.6 is 0 Å². The van der Waals surface area contributed by atoms with Crippen LogP contribution in [0.3, 0.4) is 0 Å². The van der Waals surface area contributed by atoms with E-state index in [4.69, 9.17) is 4.74 Å². The fourth-order valence-corrected chi connectivity index (χ4v) is 3.28. The summed E-state index contributed by atoms with van der Waals surface area (Å²) in [5, 5.41) is 2.91. The number of rotatable bonds is 7. The van der Waals surface area contributed by atoms with Crippen molar-refractivity contribution in [2.45, 2.75) is 32.7 Å². The molecule has 1 saturated heterocycles. The van der Waals surface area contributed by atoms with Crippen molar-refractivity contribution in [2.75, 3.05) is 26.2 Å². The Balaban J connectivity index is 1.41. The molecule has 4 nitrogen and oxygen atoms in total. The molecule has 1 N–H and O–H groups in total. The molecule has 0 aromatic heterocycles. The third-order valence-corrected chi connectivity index (χ3v) is 4.72. The van der Waals surface area contributed by atoms with Crippen LogP contribution in [0.5, 0.6) is 5.75 Å². The van der Waals surface area contributed by atoms with Gasteiger partial charge in [0.2, 0.25) is 0 Å². The highest BCUT2D eigenvalue weighted by Crippen LogP contribution is 2.14. The number of hydrogen-bond acceptors (Lipinski definition) is 3. The molecule has 3 rings (SSSR count). The molecular formula is C22H28N2O2. The van der Waals surface area contributed by atoms with E-state index >= 15 is 0 Å². The minimum atomic E-state index is -0.0534. The maximum Gasteiger partial charge on any atom is 0.251 e. The van der Waals surface area contributed by atoms with Gasteiger partial charge in [-0.15, -0.1) is 0 Å². The minimum Gasteiger partial charge on any atom is -0.492 e. The lowest BCUT2D eigenvalue weighted by Gasteiger charge is -2.26. The number of hydrogen-bond donors (Lipinski definition) is 1. The Hall–Kier alpha value is -2.33. The van der Waals surface area contributed by atoms with E-state index in [2.05, 4.69) is 22.3 Å². The second kappa shape index (κ2) is 9.39. The van der Waals surface area contributed by atoms with Gasteiger partial charge >= 0.3 is 0 Å². The minimum absolute atomic E-state index is 0.0534. The van der Waals surface area contributed by atoms with Crippen LogP contribution in [0, 0.1) is 6.92 Å². The standard InChI is InChI=1S/C22H28N2O2/c1-18-6-5-7-21(16-18)26-15-12-23-22(25)20-10-8-19(9-11-20)17-24-13-3-2-4-14-24/h5-11,16H,2-4,12-15,17H2,1H3,(H,23,25). The third-order valence-electron chi connectivity index (χ3n) is 4.72. The van der Waals surface area contributed by atoms with E-state index in [1.165, 1.54) is 37.9 Å². The lowest BCUT2D eigenvalue weighted by Crippen LogP contribution is -2.29. The molecule has 4 heteroatoms. The van der Waals surface area contributed by atoms with Crippen LogP contribution in [-0.2, 0) is 6.54 Å². The number of ether oxygens (including phenoxy) is 1. The van der Waals surface area contributed by atoms with Gasteiger partial charge in [0.25, 0.3) is 5.91 Å². The smallest absolute Gasteiger partial charge is 0.251 e. The number of piperidine rings is 1. The molecule has 0 saturated carbocycles. The number of likely N-dealkylation sites (tertiary alicyclic amines) is 1. The van der Waals surface area contributed by atoms with Crippen LogP contribution in [0.1, 0.15) is 40.7 Å². The molecule has 0 aliphatic carbocycles. The molecule has 0 bridgehead atoms. The first-order chi connectivity index (χ1) is 12.7. The summed E-state index contributed by atoms with van der Waals surface area (Å²) >= 11 is 0. The van der Waals surface area contributed by atoms with E-state index in [1.807, 2.05) is 43.3 Å². The van der Waals surface area contributed by atoms with E-state index in [0.29, 0.717) is 18.7 Å². The van der Waals surface area contributed by atoms with Crippen LogP contribution < -0.4 is 10.1 Å². The Morgan fingerprint density at radius 2 is 1.85 bits per heavy atom. The predicted octanol–water partition coefficient (Wildman–Crippen LogP) is 3.79. The first kappa shape index (κ1) is 18.5. The van der Waals surface area contributed by atoms with Gasteiger partial charge in [0.1, 0.15) is 12.4 Å². The van der Waals surface area contributed by atoms with Crippen LogP contribution in [0.4, 0.5) is 0 Å². The Morgan fingerprint density at radius 3 is 2.58 bits per heavy atom. The van der Waals surface area contributed by atoms with E-state index in [0.717, 1.165) is 17.9 Å². The second-order valence-electron chi connectivity index (χ2n) is 6.95. The van der Waals surface area contributed by atoms with E-state index in [9.17, 15) is 4.79 Å². The van der Waals surface area contributed by atoms with Crippen molar-refractivity contribution in [1.29, 1.82) is 0 Å². The molecule has 1 aliphatic rings. The molecule has 0 unspecified atom stereocenters. The maximum absolute atomic E-state index is 12.2. The summed E-state index contributed by atoms with van der Waals surface area (Å²) in [6.07, 6.45) is 3.94. The highest BCUT2D eigenvalue weighted by molar-refractivity contribution is 5.94. The highest BCUT2D eigenvalue weighted by Gasteiger charge is 2.11. The van der Waals surface area contributed by atoms with Crippen molar-refractivity contribution in [3.05, 3.63) is 65.2 Å². The van der Waals surface area contributed by atoms with Crippen LogP contribution in [0.2, 0.25) is 0 Å². The summed E-state index contributed by atoms with van der Waals surface area (Å²) < 4.78 is 5.66. The Kier molecular flexibility index (Phi) is 6.67. The summed E-state index contributed by atoms with van der Waals surface area (Å²) in [7, 11) is 0. The fraction of sp³-hybridized carbons (Fsp3) is 0.409. The Labute approximate surface area is 156 Å². The van der Waals surface area contributed by atoms with Crippen molar-refractivity contribution in [2.24, 2.45) is 0 Å². The monoisotopic (exact) mass is 352 g/mol. The maximum atomic E-state index is 12.2. The second-order valence-corrected chi connectivity index (χ2v) is 6.95. The Bertz CT molecular complexity index is 706. The summed E-state index contributed by atoms with van der Waals surface area (Å²) in [5.41, 5.74) is 3.13. The zero-order chi connectivity index (χ0) is 18.2. The Morgan fingerprint density at radius 1 is 1.08 bits per heavy atom. The molecule has 0 radical (unpaired) electrons. The van der Waals surface area contributed by atoms with Crippen molar-refractivity contribution in [3.63, 3.8) is 0 Å². The first-order valence-electron chi connectivity index (χ1n) is 9.50. The zero-order valence-corrected chi connectivity index (χ0v) is 15.5. The van der Waals surface area contributed by atoms with Gasteiger partial charge in [-0.25, -0.2) is 0 Å². The molecule has 0 spiro atoms. The third kappa shape index (κ3) is 5.60. The van der Waals surface area contributed by atoms with E-state index < -0.39 is 0 Å². The van der Waals surface area contributed by atoms with Crippen molar-refractivity contribution in [1.82, 2.24) is 10.2 Å². The molecule has 1 fully saturated rings. The van der Waals surface area contributed by atoms with Gasteiger partial charge in [-0.05, 0) is 68.2 Å². The lowest BCUT2D eigenvalue weighted by atomic mass is 10.1. The largest absolute Gasteiger partial charge is 0.492 e. The summed E-state index contributed by atoms with van der Waals surface area (Å²) in [6.45, 7) is 6.33. The number of benzene rings is 2. The van der Waals surface area contributed by atoms with Crippen molar-refractivity contribution < 1.29 is 9.53 Å². The van der Waals surface area contributed by atoms with Gasteiger partial charge in [0.05, 0.1) is 6.54 Å². The average Bonchev–Trinajstić information content (AvgIpc) is 2.66. The number of carbonyl (C=O) groups is 1. The highest BCUT2D eigenvalue weighted by atomic mass is 16.5. The van der Waals surface area contributed by atoms with Crippen molar-refractivity contribution >= 4 is 5.91 Å². The summed E-state index contributed by atoms with van der Waals surface area (Å²) in [4.78, 5) is 14.7. The molecule has 1 amide bonds. The van der Waals surface area contributed by atoms with Crippen LogP contribution in [-0.4, -0.2) is 37.0 Å². The quantitative estimate of drug-likeness (QED) is 0.771. The molecule has 2 aromatic carbocycles. The SMILES string of the molecule is Cc1cccc(OCCNC(=O)c2ccc(CN3CCCCC3)cc2)c1. The van der Waals surface area contributed by atoms with Gasteiger partial charge < -0.3 is 10.1 Å². The molecule has 138 valence electrons. The molecule has 26 heavy (non-hydrogen) atoms. The topological polar surface area (TPSA) is 41.6 Å². The zero-order valence-electron chi connectivity index (χ0n) is 15.5. The first-order valence-corrected chi connectivity index (χ1v) is 9.50. The van der Waals surface area contributed by atoms with E-state index in [-0.39, 0.29) is 5.91 Å². The number of amides is 1. The predicted molar refractivity (Wildman–Crippen MR) is 105 cm³/mol. The number of carbonyl (C=O) groups excluding carboxylic acids is 1. The van der Waals surface area contributed by atoms with Gasteiger partial charge in [-0.1, -0.05) is 30.7 Å². The average molecular weight is 352 g/mol. The van der Waals surface area contributed by atoms with Crippen LogP contribution in [0.25, 0.3) is 0 Å². The van der Waals surface area contributed by atoms with Crippen molar-refractivity contribution in [3.8, 4) is 5.75 Å². The number of aryl methyl sites for hydroxylation is 1. The van der Waals surface area contributed by atoms with E-state index in [1.54, 1.807) is 0 Å². The molecule has 2 aromatic rings.